The molecule has 0 aliphatic carbocycles. The average Bonchev–Trinajstić information content (AvgIpc) is 2.92. The Morgan fingerprint density at radius 3 is 2.94 bits per heavy atom. The van der Waals surface area contributed by atoms with E-state index >= 15 is 0 Å². The van der Waals surface area contributed by atoms with Crippen molar-refractivity contribution >= 4 is 0 Å². The first-order chi connectivity index (χ1) is 8.36. The Hall–Kier alpha value is -1.68. The molecule has 0 amide bonds. The minimum atomic E-state index is 0.587. The van der Waals surface area contributed by atoms with Crippen LogP contribution in [0.3, 0.4) is 0 Å². The average molecular weight is 228 g/mol. The van der Waals surface area contributed by atoms with Gasteiger partial charge in [0.2, 0.25) is 0 Å². The van der Waals surface area contributed by atoms with Crippen LogP contribution in [-0.4, -0.2) is 21.1 Å². The van der Waals surface area contributed by atoms with Gasteiger partial charge >= 0.3 is 0 Å². The Balaban J connectivity index is 1.82. The third kappa shape index (κ3) is 1.96. The first-order valence-corrected chi connectivity index (χ1v) is 5.98. The van der Waals surface area contributed by atoms with Crippen molar-refractivity contribution in [1.82, 2.24) is 14.5 Å². The lowest BCUT2D eigenvalue weighted by molar-refractivity contribution is 0.521. The Morgan fingerprint density at radius 2 is 2.18 bits per heavy atom. The summed E-state index contributed by atoms with van der Waals surface area (Å²) in [4.78, 5) is 8.53. The standard InChI is InChI=1S/C13H16N4/c14-7-11-6-13-12(16-9-17(13)8-11)5-10-1-3-15-4-2-10/h1-4,9,11H,5-8,14H2. The van der Waals surface area contributed by atoms with E-state index in [-0.39, 0.29) is 0 Å². The molecule has 88 valence electrons. The van der Waals surface area contributed by atoms with Gasteiger partial charge in [-0.3, -0.25) is 4.98 Å². The highest BCUT2D eigenvalue weighted by molar-refractivity contribution is 5.25. The summed E-state index contributed by atoms with van der Waals surface area (Å²) in [6.07, 6.45) is 7.56. The fourth-order valence-corrected chi connectivity index (χ4v) is 2.46. The summed E-state index contributed by atoms with van der Waals surface area (Å²) in [5, 5.41) is 0. The van der Waals surface area contributed by atoms with Gasteiger partial charge in [-0.1, -0.05) is 0 Å². The van der Waals surface area contributed by atoms with Crippen molar-refractivity contribution in [3.63, 3.8) is 0 Å². The zero-order valence-electron chi connectivity index (χ0n) is 9.71. The third-order valence-corrected chi connectivity index (χ3v) is 3.42. The largest absolute Gasteiger partial charge is 0.334 e. The molecule has 0 bridgehead atoms. The van der Waals surface area contributed by atoms with Gasteiger partial charge in [-0.15, -0.1) is 0 Å². The van der Waals surface area contributed by atoms with Crippen LogP contribution in [0.4, 0.5) is 0 Å². The van der Waals surface area contributed by atoms with Gasteiger partial charge in [0, 0.05) is 31.1 Å². The van der Waals surface area contributed by atoms with Crippen LogP contribution in [0.2, 0.25) is 0 Å². The molecule has 0 spiro atoms. The zero-order valence-corrected chi connectivity index (χ0v) is 9.71. The summed E-state index contributed by atoms with van der Waals surface area (Å²) in [6.45, 7) is 1.78. The molecule has 1 unspecified atom stereocenters. The number of hydrogen-bond acceptors (Lipinski definition) is 3. The Bertz CT molecular complexity index is 503. The number of pyridine rings is 1. The molecule has 1 aliphatic rings. The molecule has 0 saturated heterocycles. The van der Waals surface area contributed by atoms with Crippen molar-refractivity contribution in [2.24, 2.45) is 11.7 Å². The van der Waals surface area contributed by atoms with Gasteiger partial charge in [-0.2, -0.15) is 0 Å². The monoisotopic (exact) mass is 228 g/mol. The lowest BCUT2D eigenvalue weighted by Gasteiger charge is -2.03. The zero-order chi connectivity index (χ0) is 11.7. The molecule has 0 saturated carbocycles. The molecule has 3 rings (SSSR count). The van der Waals surface area contributed by atoms with Crippen LogP contribution in [0.1, 0.15) is 17.0 Å². The van der Waals surface area contributed by atoms with Crippen LogP contribution >= 0.6 is 0 Å². The van der Waals surface area contributed by atoms with Gasteiger partial charge in [0.05, 0.1) is 12.0 Å². The SMILES string of the molecule is NCC1Cc2c(Cc3ccncc3)ncn2C1. The Kier molecular flexibility index (Phi) is 2.65. The van der Waals surface area contributed by atoms with E-state index in [4.69, 9.17) is 5.73 Å². The third-order valence-electron chi connectivity index (χ3n) is 3.42. The van der Waals surface area contributed by atoms with E-state index in [1.807, 2.05) is 30.9 Å². The lowest BCUT2D eigenvalue weighted by atomic mass is 10.0. The van der Waals surface area contributed by atoms with E-state index in [0.717, 1.165) is 25.9 Å². The van der Waals surface area contributed by atoms with Crippen molar-refractivity contribution in [2.45, 2.75) is 19.4 Å². The number of nitrogens with two attached hydrogens (primary N) is 1. The maximum absolute atomic E-state index is 5.73. The van der Waals surface area contributed by atoms with Crippen LogP contribution < -0.4 is 5.73 Å². The van der Waals surface area contributed by atoms with E-state index < -0.39 is 0 Å². The number of rotatable bonds is 3. The van der Waals surface area contributed by atoms with Crippen LogP contribution in [0.15, 0.2) is 30.9 Å². The van der Waals surface area contributed by atoms with Crippen LogP contribution in [0.5, 0.6) is 0 Å². The van der Waals surface area contributed by atoms with E-state index in [1.165, 1.54) is 17.0 Å². The van der Waals surface area contributed by atoms with Crippen molar-refractivity contribution < 1.29 is 0 Å². The minimum absolute atomic E-state index is 0.587. The Labute approximate surface area is 101 Å². The molecule has 17 heavy (non-hydrogen) atoms. The Morgan fingerprint density at radius 1 is 1.35 bits per heavy atom. The molecular formula is C13H16N4. The lowest BCUT2D eigenvalue weighted by Crippen LogP contribution is -2.15. The molecule has 2 aromatic heterocycles. The molecular weight excluding hydrogens is 212 g/mol. The molecule has 1 aliphatic heterocycles. The molecule has 0 aromatic carbocycles. The second kappa shape index (κ2) is 4.30. The first-order valence-electron chi connectivity index (χ1n) is 5.98. The summed E-state index contributed by atoms with van der Waals surface area (Å²) in [6, 6.07) is 4.09. The normalized spacial score (nSPS) is 18.3. The fraction of sp³-hybridized carbons (Fsp3) is 0.385. The highest BCUT2D eigenvalue weighted by Crippen LogP contribution is 2.23. The summed E-state index contributed by atoms with van der Waals surface area (Å²) in [5.74, 6) is 0.587. The van der Waals surface area contributed by atoms with Crippen molar-refractivity contribution in [2.75, 3.05) is 6.54 Å². The molecule has 0 fully saturated rings. The van der Waals surface area contributed by atoms with Gasteiger partial charge < -0.3 is 10.3 Å². The van der Waals surface area contributed by atoms with Gasteiger partial charge in [0.15, 0.2) is 0 Å². The molecule has 2 N–H and O–H groups in total. The topological polar surface area (TPSA) is 56.7 Å². The first kappa shape index (κ1) is 10.5. The highest BCUT2D eigenvalue weighted by atomic mass is 15.1. The van der Waals surface area contributed by atoms with Gasteiger partial charge in [-0.05, 0) is 36.6 Å². The maximum atomic E-state index is 5.73. The number of fused-ring (bicyclic) bond motifs is 1. The van der Waals surface area contributed by atoms with Crippen LogP contribution in [-0.2, 0) is 19.4 Å². The highest BCUT2D eigenvalue weighted by Gasteiger charge is 2.23. The second-order valence-corrected chi connectivity index (χ2v) is 4.63. The molecule has 4 nitrogen and oxygen atoms in total. The summed E-state index contributed by atoms with van der Waals surface area (Å²) < 4.78 is 2.24. The molecule has 2 aromatic rings. The van der Waals surface area contributed by atoms with Gasteiger partial charge in [-0.25, -0.2) is 4.98 Å². The predicted octanol–water partition coefficient (Wildman–Crippen LogP) is 1.000. The number of hydrogen-bond donors (Lipinski definition) is 1. The molecule has 1 atom stereocenters. The van der Waals surface area contributed by atoms with E-state index in [9.17, 15) is 0 Å². The van der Waals surface area contributed by atoms with Gasteiger partial charge in [0.1, 0.15) is 0 Å². The van der Waals surface area contributed by atoms with Crippen molar-refractivity contribution in [1.29, 1.82) is 0 Å². The van der Waals surface area contributed by atoms with Gasteiger partial charge in [0.25, 0.3) is 0 Å². The van der Waals surface area contributed by atoms with Crippen LogP contribution in [0, 0.1) is 5.92 Å². The second-order valence-electron chi connectivity index (χ2n) is 4.63. The minimum Gasteiger partial charge on any atom is -0.334 e. The maximum Gasteiger partial charge on any atom is 0.0951 e. The van der Waals surface area contributed by atoms with E-state index in [0.29, 0.717) is 5.92 Å². The number of imidazole rings is 1. The molecule has 4 heteroatoms. The van der Waals surface area contributed by atoms with E-state index in [2.05, 4.69) is 14.5 Å². The molecule has 3 heterocycles. The summed E-state index contributed by atoms with van der Waals surface area (Å²) in [7, 11) is 0. The van der Waals surface area contributed by atoms with Crippen molar-refractivity contribution in [3.8, 4) is 0 Å². The van der Waals surface area contributed by atoms with Crippen molar-refractivity contribution in [3.05, 3.63) is 47.8 Å². The fourth-order valence-electron chi connectivity index (χ4n) is 2.46. The predicted molar refractivity (Wildman–Crippen MR) is 65.5 cm³/mol. The smallest absolute Gasteiger partial charge is 0.0951 e. The summed E-state index contributed by atoms with van der Waals surface area (Å²) >= 11 is 0. The summed E-state index contributed by atoms with van der Waals surface area (Å²) in [5.41, 5.74) is 9.54. The molecule has 0 radical (unpaired) electrons. The van der Waals surface area contributed by atoms with Crippen LogP contribution in [0.25, 0.3) is 0 Å². The number of aromatic nitrogens is 3. The quantitative estimate of drug-likeness (QED) is 0.852. The van der Waals surface area contributed by atoms with E-state index in [1.54, 1.807) is 0 Å². The number of nitrogens with zero attached hydrogens (tertiary/aromatic N) is 3.